The Hall–Kier alpha value is -1.26. The molecule has 104 valence electrons. The van der Waals surface area contributed by atoms with E-state index < -0.39 is 5.97 Å². The first-order valence-electron chi connectivity index (χ1n) is 6.52. The number of aliphatic hydroxyl groups excluding tert-OH is 1. The number of aliphatic hydroxyl groups is 1. The molecule has 0 bridgehead atoms. The van der Waals surface area contributed by atoms with Crippen LogP contribution >= 0.6 is 11.6 Å². The number of carboxylic acid groups (broad SMARTS) is 1. The fourth-order valence-corrected chi connectivity index (χ4v) is 2.93. The molecule has 2 unspecified atom stereocenters. The molecule has 0 radical (unpaired) electrons. The zero-order valence-corrected chi connectivity index (χ0v) is 11.4. The second-order valence-electron chi connectivity index (χ2n) is 4.95. The Kier molecular flexibility index (Phi) is 4.66. The first kappa shape index (κ1) is 14.2. The number of rotatable bonds is 4. The van der Waals surface area contributed by atoms with Gasteiger partial charge in [-0.25, -0.2) is 4.79 Å². The average Bonchev–Trinajstić information content (AvgIpc) is 2.39. The van der Waals surface area contributed by atoms with E-state index in [-0.39, 0.29) is 29.2 Å². The second kappa shape index (κ2) is 6.26. The van der Waals surface area contributed by atoms with E-state index in [2.05, 4.69) is 5.32 Å². The Bertz CT molecular complexity index is 464. The fourth-order valence-electron chi connectivity index (χ4n) is 2.68. The van der Waals surface area contributed by atoms with Crippen molar-refractivity contribution in [3.05, 3.63) is 28.8 Å². The molecular formula is C14H18ClNO3. The lowest BCUT2D eigenvalue weighted by atomic mass is 9.85. The zero-order valence-electron chi connectivity index (χ0n) is 10.6. The van der Waals surface area contributed by atoms with E-state index in [0.717, 1.165) is 25.7 Å². The minimum atomic E-state index is -1.04. The van der Waals surface area contributed by atoms with Crippen LogP contribution in [0.25, 0.3) is 0 Å². The van der Waals surface area contributed by atoms with Crippen LogP contribution in [0.1, 0.15) is 36.0 Å². The topological polar surface area (TPSA) is 69.6 Å². The van der Waals surface area contributed by atoms with E-state index in [9.17, 15) is 15.0 Å². The number of carbonyl (C=O) groups is 1. The summed E-state index contributed by atoms with van der Waals surface area (Å²) in [6.45, 7) is 0.126. The van der Waals surface area contributed by atoms with Crippen molar-refractivity contribution >= 4 is 23.3 Å². The quantitative estimate of drug-likeness (QED) is 0.794. The molecule has 0 heterocycles. The van der Waals surface area contributed by atoms with Gasteiger partial charge >= 0.3 is 5.97 Å². The molecule has 0 amide bonds. The number of hydrogen-bond donors (Lipinski definition) is 3. The van der Waals surface area contributed by atoms with Crippen LogP contribution in [-0.2, 0) is 0 Å². The fraction of sp³-hybridized carbons (Fsp3) is 0.500. The molecule has 0 saturated heterocycles. The molecule has 1 aliphatic carbocycles. The average molecular weight is 284 g/mol. The van der Waals surface area contributed by atoms with Gasteiger partial charge in [-0.1, -0.05) is 30.5 Å². The lowest BCUT2D eigenvalue weighted by Crippen LogP contribution is -2.34. The molecule has 2 rings (SSSR count). The third-order valence-electron chi connectivity index (χ3n) is 3.71. The molecule has 3 N–H and O–H groups in total. The molecule has 2 atom stereocenters. The highest BCUT2D eigenvalue weighted by atomic mass is 35.5. The highest BCUT2D eigenvalue weighted by molar-refractivity contribution is 6.34. The number of nitrogens with one attached hydrogen (secondary N) is 1. The van der Waals surface area contributed by atoms with Crippen LogP contribution in [0.5, 0.6) is 0 Å². The summed E-state index contributed by atoms with van der Waals surface area (Å²) < 4.78 is 0. The normalized spacial score (nSPS) is 23.1. The number of hydrogen-bond acceptors (Lipinski definition) is 3. The van der Waals surface area contributed by atoms with Gasteiger partial charge in [0.05, 0.1) is 10.7 Å². The van der Waals surface area contributed by atoms with Crippen LogP contribution in [0.4, 0.5) is 5.69 Å². The summed E-state index contributed by atoms with van der Waals surface area (Å²) in [7, 11) is 0. The SMILES string of the molecule is O=C(O)c1c(Cl)cccc1NC1CCCCC1CO. The number of aromatic carboxylic acids is 1. The molecule has 19 heavy (non-hydrogen) atoms. The van der Waals surface area contributed by atoms with Crippen molar-refractivity contribution in [3.63, 3.8) is 0 Å². The summed E-state index contributed by atoms with van der Waals surface area (Å²) in [5.41, 5.74) is 0.636. The standard InChI is InChI=1S/C14H18ClNO3/c15-10-5-3-7-12(13(10)14(18)19)16-11-6-2-1-4-9(11)8-17/h3,5,7,9,11,16-17H,1-2,4,6,8H2,(H,18,19). The lowest BCUT2D eigenvalue weighted by molar-refractivity contribution is 0.0698. The van der Waals surface area contributed by atoms with E-state index >= 15 is 0 Å². The Morgan fingerprint density at radius 3 is 2.79 bits per heavy atom. The minimum absolute atomic E-state index is 0.103. The predicted octanol–water partition coefficient (Wildman–Crippen LogP) is 3.00. The molecule has 1 aromatic carbocycles. The van der Waals surface area contributed by atoms with Gasteiger partial charge in [-0.2, -0.15) is 0 Å². The third-order valence-corrected chi connectivity index (χ3v) is 4.03. The van der Waals surface area contributed by atoms with Crippen molar-refractivity contribution in [2.75, 3.05) is 11.9 Å². The lowest BCUT2D eigenvalue weighted by Gasteiger charge is -2.32. The van der Waals surface area contributed by atoms with Gasteiger partial charge in [0.15, 0.2) is 0 Å². The highest BCUT2D eigenvalue weighted by Crippen LogP contribution is 2.30. The molecule has 1 aliphatic rings. The van der Waals surface area contributed by atoms with Gasteiger partial charge in [-0.3, -0.25) is 0 Å². The van der Waals surface area contributed by atoms with Gasteiger partial charge < -0.3 is 15.5 Å². The summed E-state index contributed by atoms with van der Waals surface area (Å²) >= 11 is 5.94. The van der Waals surface area contributed by atoms with Gasteiger partial charge in [0.25, 0.3) is 0 Å². The Morgan fingerprint density at radius 1 is 1.37 bits per heavy atom. The monoisotopic (exact) mass is 283 g/mol. The number of halogens is 1. The smallest absolute Gasteiger partial charge is 0.339 e. The number of carboxylic acids is 1. The Labute approximate surface area is 117 Å². The van der Waals surface area contributed by atoms with Gasteiger partial charge in [0.2, 0.25) is 0 Å². The maximum absolute atomic E-state index is 11.3. The van der Waals surface area contributed by atoms with Crippen LogP contribution in [0.2, 0.25) is 5.02 Å². The van der Waals surface area contributed by atoms with Gasteiger partial charge in [-0.05, 0) is 25.0 Å². The molecule has 1 saturated carbocycles. The van der Waals surface area contributed by atoms with Crippen LogP contribution in [-0.4, -0.2) is 28.8 Å². The summed E-state index contributed by atoms with van der Waals surface area (Å²) in [6, 6.07) is 5.13. The van der Waals surface area contributed by atoms with Gasteiger partial charge in [0.1, 0.15) is 5.56 Å². The maximum Gasteiger partial charge on any atom is 0.339 e. The van der Waals surface area contributed by atoms with E-state index in [4.69, 9.17) is 11.6 Å². The van der Waals surface area contributed by atoms with E-state index in [1.807, 2.05) is 0 Å². The van der Waals surface area contributed by atoms with E-state index in [0.29, 0.717) is 5.69 Å². The molecule has 5 heteroatoms. The predicted molar refractivity (Wildman–Crippen MR) is 74.9 cm³/mol. The van der Waals surface area contributed by atoms with Crippen molar-refractivity contribution in [2.24, 2.45) is 5.92 Å². The first-order chi connectivity index (χ1) is 9.13. The summed E-state index contributed by atoms with van der Waals surface area (Å²) in [5.74, 6) is -0.862. The first-order valence-corrected chi connectivity index (χ1v) is 6.90. The van der Waals surface area contributed by atoms with Crippen LogP contribution in [0, 0.1) is 5.92 Å². The maximum atomic E-state index is 11.3. The van der Waals surface area contributed by atoms with Crippen molar-refractivity contribution < 1.29 is 15.0 Å². The molecule has 0 aromatic heterocycles. The van der Waals surface area contributed by atoms with Crippen molar-refractivity contribution in [1.82, 2.24) is 0 Å². The highest BCUT2D eigenvalue weighted by Gasteiger charge is 2.26. The zero-order chi connectivity index (χ0) is 13.8. The molecule has 0 spiro atoms. The largest absolute Gasteiger partial charge is 0.478 e. The van der Waals surface area contributed by atoms with Crippen LogP contribution in [0.3, 0.4) is 0 Å². The Balaban J connectivity index is 2.22. The Morgan fingerprint density at radius 2 is 2.11 bits per heavy atom. The molecule has 1 fully saturated rings. The van der Waals surface area contributed by atoms with Crippen molar-refractivity contribution in [3.8, 4) is 0 Å². The van der Waals surface area contributed by atoms with Crippen LogP contribution in [0.15, 0.2) is 18.2 Å². The van der Waals surface area contributed by atoms with Gasteiger partial charge in [-0.15, -0.1) is 0 Å². The van der Waals surface area contributed by atoms with Crippen LogP contribution < -0.4 is 5.32 Å². The summed E-state index contributed by atoms with van der Waals surface area (Å²) in [6.07, 6.45) is 4.12. The third kappa shape index (κ3) is 3.19. The minimum Gasteiger partial charge on any atom is -0.478 e. The molecule has 1 aromatic rings. The van der Waals surface area contributed by atoms with E-state index in [1.165, 1.54) is 0 Å². The molecule has 4 nitrogen and oxygen atoms in total. The summed E-state index contributed by atoms with van der Waals surface area (Å²) in [4.78, 5) is 11.3. The molecular weight excluding hydrogens is 266 g/mol. The van der Waals surface area contributed by atoms with Crippen molar-refractivity contribution in [1.29, 1.82) is 0 Å². The second-order valence-corrected chi connectivity index (χ2v) is 5.35. The molecule has 0 aliphatic heterocycles. The summed E-state index contributed by atoms with van der Waals surface area (Å²) in [5, 5.41) is 22.1. The number of anilines is 1. The van der Waals surface area contributed by atoms with Gasteiger partial charge in [0, 0.05) is 18.6 Å². The number of benzene rings is 1. The van der Waals surface area contributed by atoms with E-state index in [1.54, 1.807) is 18.2 Å². The van der Waals surface area contributed by atoms with Crippen molar-refractivity contribution in [2.45, 2.75) is 31.7 Å².